The van der Waals surface area contributed by atoms with Gasteiger partial charge < -0.3 is 4.42 Å². The van der Waals surface area contributed by atoms with Crippen molar-refractivity contribution in [3.8, 4) is 56.4 Å². The van der Waals surface area contributed by atoms with Crippen LogP contribution < -0.4 is 0 Å². The maximum Gasteiger partial charge on any atom is 0.164 e. The zero-order valence-electron chi connectivity index (χ0n) is 27.7. The van der Waals surface area contributed by atoms with E-state index in [2.05, 4.69) is 129 Å². The molecule has 7 aromatic carbocycles. The standard InChI is InChI=1S/C46H31N3O/c1-46(2)37-21-11-9-18-32(37)40-34(20-13-22-38(40)46)44-47-43(29-16-7-4-8-17-29)48-45(49-44)36-27-31-25-24-30(28-14-5-3-6-15-28)26-35(31)42-41(36)33-19-10-12-23-39(33)50-42/h3-27H,1-2H3. The van der Waals surface area contributed by atoms with Crippen molar-refractivity contribution in [1.82, 2.24) is 15.0 Å². The summed E-state index contributed by atoms with van der Waals surface area (Å²) in [6.45, 7) is 4.60. The molecule has 1 aliphatic rings. The average Bonchev–Trinajstić information content (AvgIpc) is 3.68. The number of fused-ring (bicyclic) bond motifs is 8. The number of furan rings is 1. The first-order valence-electron chi connectivity index (χ1n) is 17.0. The van der Waals surface area contributed by atoms with Crippen molar-refractivity contribution in [2.75, 3.05) is 0 Å². The van der Waals surface area contributed by atoms with Gasteiger partial charge in [-0.3, -0.25) is 0 Å². The minimum atomic E-state index is -0.140. The highest BCUT2D eigenvalue weighted by Gasteiger charge is 2.37. The molecule has 0 N–H and O–H groups in total. The number of hydrogen-bond acceptors (Lipinski definition) is 4. The lowest BCUT2D eigenvalue weighted by molar-refractivity contribution is 0.660. The molecule has 9 aromatic rings. The predicted octanol–water partition coefficient (Wildman–Crippen LogP) is 11.9. The van der Waals surface area contributed by atoms with Gasteiger partial charge in [0, 0.05) is 38.3 Å². The van der Waals surface area contributed by atoms with Crippen LogP contribution in [0.5, 0.6) is 0 Å². The summed E-state index contributed by atoms with van der Waals surface area (Å²) in [5.74, 6) is 1.90. The number of nitrogens with zero attached hydrogens (tertiary/aromatic N) is 3. The maximum absolute atomic E-state index is 6.70. The van der Waals surface area contributed by atoms with Crippen LogP contribution in [0.1, 0.15) is 25.0 Å². The summed E-state index contributed by atoms with van der Waals surface area (Å²) in [7, 11) is 0. The highest BCUT2D eigenvalue weighted by Crippen LogP contribution is 2.52. The van der Waals surface area contributed by atoms with Crippen LogP contribution in [0.15, 0.2) is 156 Å². The lowest BCUT2D eigenvalue weighted by atomic mass is 9.82. The Bertz CT molecular complexity index is 2780. The van der Waals surface area contributed by atoms with E-state index in [1.54, 1.807) is 0 Å². The zero-order chi connectivity index (χ0) is 33.4. The van der Waals surface area contributed by atoms with Gasteiger partial charge in [-0.1, -0.05) is 147 Å². The highest BCUT2D eigenvalue weighted by atomic mass is 16.3. The Hall–Kier alpha value is -6.39. The van der Waals surface area contributed by atoms with E-state index in [0.717, 1.165) is 60.5 Å². The molecule has 0 saturated carbocycles. The second-order valence-corrected chi connectivity index (χ2v) is 13.6. The van der Waals surface area contributed by atoms with E-state index in [1.807, 2.05) is 36.4 Å². The van der Waals surface area contributed by atoms with Gasteiger partial charge in [-0.2, -0.15) is 0 Å². The van der Waals surface area contributed by atoms with E-state index in [4.69, 9.17) is 19.4 Å². The normalized spacial score (nSPS) is 13.2. The fraction of sp³-hybridized carbons (Fsp3) is 0.0652. The minimum Gasteiger partial charge on any atom is -0.455 e. The first-order valence-corrected chi connectivity index (χ1v) is 17.0. The molecule has 0 radical (unpaired) electrons. The topological polar surface area (TPSA) is 51.8 Å². The summed E-state index contributed by atoms with van der Waals surface area (Å²) in [5.41, 5.74) is 11.7. The van der Waals surface area contributed by atoms with Gasteiger partial charge >= 0.3 is 0 Å². The summed E-state index contributed by atoms with van der Waals surface area (Å²) in [6, 6.07) is 53.0. The fourth-order valence-corrected chi connectivity index (χ4v) is 7.87. The van der Waals surface area contributed by atoms with Crippen molar-refractivity contribution in [3.63, 3.8) is 0 Å². The summed E-state index contributed by atoms with van der Waals surface area (Å²) >= 11 is 0. The molecule has 2 aromatic heterocycles. The van der Waals surface area contributed by atoms with Crippen LogP contribution in [0.3, 0.4) is 0 Å². The van der Waals surface area contributed by atoms with Crippen LogP contribution in [0.2, 0.25) is 0 Å². The Morgan fingerprint density at radius 2 is 1.10 bits per heavy atom. The van der Waals surface area contributed by atoms with E-state index < -0.39 is 0 Å². The smallest absolute Gasteiger partial charge is 0.164 e. The molecule has 236 valence electrons. The van der Waals surface area contributed by atoms with Crippen LogP contribution >= 0.6 is 0 Å². The van der Waals surface area contributed by atoms with Gasteiger partial charge in [-0.05, 0) is 57.0 Å². The second-order valence-electron chi connectivity index (χ2n) is 13.6. The van der Waals surface area contributed by atoms with Crippen molar-refractivity contribution >= 4 is 32.7 Å². The van der Waals surface area contributed by atoms with E-state index in [9.17, 15) is 0 Å². The fourth-order valence-electron chi connectivity index (χ4n) is 7.87. The third-order valence-electron chi connectivity index (χ3n) is 10.3. The number of benzene rings is 7. The first kappa shape index (κ1) is 28.6. The number of aromatic nitrogens is 3. The Morgan fingerprint density at radius 1 is 0.460 bits per heavy atom. The molecule has 1 aliphatic carbocycles. The van der Waals surface area contributed by atoms with Gasteiger partial charge in [0.15, 0.2) is 17.5 Å². The molecule has 0 fully saturated rings. The highest BCUT2D eigenvalue weighted by molar-refractivity contribution is 6.21. The molecule has 50 heavy (non-hydrogen) atoms. The van der Waals surface area contributed by atoms with Crippen molar-refractivity contribution in [3.05, 3.63) is 163 Å². The lowest BCUT2D eigenvalue weighted by Gasteiger charge is -2.21. The molecule has 0 bridgehead atoms. The Kier molecular flexibility index (Phi) is 6.19. The van der Waals surface area contributed by atoms with Crippen LogP contribution in [0.4, 0.5) is 0 Å². The van der Waals surface area contributed by atoms with E-state index >= 15 is 0 Å². The van der Waals surface area contributed by atoms with Crippen molar-refractivity contribution in [2.45, 2.75) is 19.3 Å². The lowest BCUT2D eigenvalue weighted by Crippen LogP contribution is -2.14. The van der Waals surface area contributed by atoms with Crippen molar-refractivity contribution < 1.29 is 4.42 Å². The summed E-state index contributed by atoms with van der Waals surface area (Å²) in [4.78, 5) is 15.7. The molecule has 0 aliphatic heterocycles. The molecule has 4 nitrogen and oxygen atoms in total. The Morgan fingerprint density at radius 3 is 1.92 bits per heavy atom. The van der Waals surface area contributed by atoms with Gasteiger partial charge in [-0.25, -0.2) is 15.0 Å². The minimum absolute atomic E-state index is 0.140. The molecular formula is C46H31N3O. The maximum atomic E-state index is 6.70. The number of para-hydroxylation sites is 1. The molecule has 0 unspecified atom stereocenters. The molecule has 2 heterocycles. The van der Waals surface area contributed by atoms with E-state index in [-0.39, 0.29) is 5.41 Å². The molecule has 0 atom stereocenters. The second kappa shape index (κ2) is 10.8. The molecule has 0 saturated heterocycles. The summed E-state index contributed by atoms with van der Waals surface area (Å²) < 4.78 is 6.70. The van der Waals surface area contributed by atoms with Gasteiger partial charge in [0.2, 0.25) is 0 Å². The van der Waals surface area contributed by atoms with Gasteiger partial charge in [-0.15, -0.1) is 0 Å². The third-order valence-corrected chi connectivity index (χ3v) is 10.3. The van der Waals surface area contributed by atoms with Crippen molar-refractivity contribution in [1.29, 1.82) is 0 Å². The first-order chi connectivity index (χ1) is 24.5. The van der Waals surface area contributed by atoms with E-state index in [1.165, 1.54) is 22.3 Å². The molecule has 4 heteroatoms. The van der Waals surface area contributed by atoms with Crippen molar-refractivity contribution in [2.24, 2.45) is 0 Å². The third kappa shape index (κ3) is 4.28. The Labute approximate surface area is 289 Å². The molecule has 0 amide bonds. The Balaban J connectivity index is 1.28. The summed E-state index contributed by atoms with van der Waals surface area (Å²) in [6.07, 6.45) is 0. The van der Waals surface area contributed by atoms with Gasteiger partial charge in [0.05, 0.1) is 0 Å². The van der Waals surface area contributed by atoms with E-state index in [0.29, 0.717) is 17.5 Å². The monoisotopic (exact) mass is 641 g/mol. The molecule has 10 rings (SSSR count). The number of hydrogen-bond donors (Lipinski definition) is 0. The zero-order valence-corrected chi connectivity index (χ0v) is 27.7. The van der Waals surface area contributed by atoms with Crippen LogP contribution in [0, 0.1) is 0 Å². The summed E-state index contributed by atoms with van der Waals surface area (Å²) in [5, 5.41) is 4.15. The quantitative estimate of drug-likeness (QED) is 0.192. The van der Waals surface area contributed by atoms with Crippen LogP contribution in [-0.4, -0.2) is 15.0 Å². The molecular weight excluding hydrogens is 611 g/mol. The SMILES string of the molecule is CC1(C)c2ccccc2-c2c(-c3nc(-c4ccccc4)nc(-c4cc5ccc(-c6ccccc6)cc5c5oc6ccccc6c45)n3)cccc21. The molecule has 0 spiro atoms. The average molecular weight is 642 g/mol. The predicted molar refractivity (Wildman–Crippen MR) is 204 cm³/mol. The van der Waals surface area contributed by atoms with Gasteiger partial charge in [0.25, 0.3) is 0 Å². The number of rotatable bonds is 4. The van der Waals surface area contributed by atoms with Crippen LogP contribution in [-0.2, 0) is 5.41 Å². The largest absolute Gasteiger partial charge is 0.455 e. The van der Waals surface area contributed by atoms with Gasteiger partial charge in [0.1, 0.15) is 11.2 Å². The van der Waals surface area contributed by atoms with Crippen LogP contribution in [0.25, 0.3) is 89.1 Å².